The van der Waals surface area contributed by atoms with Crippen LogP contribution in [0.4, 0.5) is 5.69 Å². The number of amides is 1. The predicted molar refractivity (Wildman–Crippen MR) is 96.2 cm³/mol. The molecule has 0 bridgehead atoms. The van der Waals surface area contributed by atoms with E-state index in [4.69, 9.17) is 4.74 Å². The minimum atomic E-state index is -0.852. The van der Waals surface area contributed by atoms with Gasteiger partial charge in [0.15, 0.2) is 12.8 Å². The van der Waals surface area contributed by atoms with Crippen molar-refractivity contribution in [2.45, 2.75) is 0 Å². The van der Waals surface area contributed by atoms with E-state index in [1.165, 1.54) is 18.3 Å². The first kappa shape index (κ1) is 17.2. The van der Waals surface area contributed by atoms with Gasteiger partial charge in [0.25, 0.3) is 5.91 Å². The topological polar surface area (TPSA) is 82.3 Å². The summed E-state index contributed by atoms with van der Waals surface area (Å²) < 4.78 is 5.26. The van der Waals surface area contributed by atoms with Crippen molar-refractivity contribution in [3.05, 3.63) is 89.9 Å². The summed E-state index contributed by atoms with van der Waals surface area (Å²) in [7, 11) is 0. The first-order valence-electron chi connectivity index (χ1n) is 7.94. The van der Waals surface area contributed by atoms with Crippen LogP contribution in [0.15, 0.2) is 79.0 Å². The molecule has 0 aliphatic carbocycles. The van der Waals surface area contributed by atoms with Gasteiger partial charge < -0.3 is 15.3 Å². The average Bonchev–Trinajstić information content (AvgIpc) is 2.68. The van der Waals surface area contributed by atoms with E-state index < -0.39 is 18.5 Å². The summed E-state index contributed by atoms with van der Waals surface area (Å²) in [4.78, 5) is 23.7. The van der Waals surface area contributed by atoms with Crippen molar-refractivity contribution >= 4 is 17.6 Å². The number of rotatable bonds is 5. The van der Waals surface area contributed by atoms with E-state index in [0.717, 1.165) is 11.1 Å². The van der Waals surface area contributed by atoms with Crippen molar-refractivity contribution in [2.75, 3.05) is 11.9 Å². The van der Waals surface area contributed by atoms with Crippen molar-refractivity contribution in [3.8, 4) is 11.1 Å². The zero-order valence-electron chi connectivity index (χ0n) is 13.8. The highest BCUT2D eigenvalue weighted by molar-refractivity contribution is 5.94. The van der Waals surface area contributed by atoms with E-state index >= 15 is 0 Å². The highest BCUT2D eigenvalue weighted by atomic mass is 16.5. The molecule has 3 aromatic rings. The van der Waals surface area contributed by atoms with Crippen LogP contribution in [0.1, 0.15) is 10.5 Å². The number of nitrogens with zero attached hydrogens (tertiary/aromatic N) is 1. The number of benzene rings is 2. The average molecular weight is 348 g/mol. The lowest BCUT2D eigenvalue weighted by molar-refractivity contribution is -0.608. The molecule has 1 amide bonds. The number of ether oxygens (including phenoxy) is 1. The number of pyridine rings is 1. The summed E-state index contributed by atoms with van der Waals surface area (Å²) in [5, 5.41) is 14.1. The second-order valence-electron chi connectivity index (χ2n) is 5.48. The van der Waals surface area contributed by atoms with E-state index in [1.807, 2.05) is 42.5 Å². The molecule has 130 valence electrons. The number of hydrogen-bond acceptors (Lipinski definition) is 4. The van der Waals surface area contributed by atoms with Crippen LogP contribution in [0.2, 0.25) is 0 Å². The van der Waals surface area contributed by atoms with E-state index in [9.17, 15) is 14.8 Å². The molecule has 1 aromatic heterocycles. The van der Waals surface area contributed by atoms with Crippen LogP contribution in [-0.2, 0) is 9.53 Å². The smallest absolute Gasteiger partial charge is 0.405 e. The van der Waals surface area contributed by atoms with Crippen LogP contribution >= 0.6 is 0 Å². The molecule has 1 N–H and O–H groups in total. The minimum Gasteiger partial charge on any atom is -0.618 e. The summed E-state index contributed by atoms with van der Waals surface area (Å²) >= 11 is 0. The molecule has 0 unspecified atom stereocenters. The molecule has 26 heavy (non-hydrogen) atoms. The largest absolute Gasteiger partial charge is 0.618 e. The number of esters is 1. The van der Waals surface area contributed by atoms with Gasteiger partial charge in [-0.15, -0.1) is 0 Å². The molecule has 0 aliphatic heterocycles. The van der Waals surface area contributed by atoms with Gasteiger partial charge in [-0.1, -0.05) is 42.5 Å². The molecule has 1 heterocycles. The van der Waals surface area contributed by atoms with Gasteiger partial charge in [-0.25, -0.2) is 4.79 Å². The summed E-state index contributed by atoms with van der Waals surface area (Å²) in [5.74, 6) is -1.34. The summed E-state index contributed by atoms with van der Waals surface area (Å²) in [6.07, 6.45) is 1.19. The molecule has 3 rings (SSSR count). The third-order valence-electron chi connectivity index (χ3n) is 3.64. The van der Waals surface area contributed by atoms with Crippen molar-refractivity contribution in [3.63, 3.8) is 0 Å². The van der Waals surface area contributed by atoms with Gasteiger partial charge in [-0.05, 0) is 29.3 Å². The fraction of sp³-hybridized carbons (Fsp3) is 0.0500. The fourth-order valence-corrected chi connectivity index (χ4v) is 2.37. The Hall–Kier alpha value is -3.67. The Labute approximate surface area is 150 Å². The lowest BCUT2D eigenvalue weighted by Gasteiger charge is -2.08. The molecule has 0 radical (unpaired) electrons. The lowest BCUT2D eigenvalue weighted by Crippen LogP contribution is -2.35. The van der Waals surface area contributed by atoms with Crippen LogP contribution < -0.4 is 10.0 Å². The zero-order valence-corrected chi connectivity index (χ0v) is 13.8. The fourth-order valence-electron chi connectivity index (χ4n) is 2.37. The van der Waals surface area contributed by atoms with Gasteiger partial charge in [0, 0.05) is 17.8 Å². The minimum absolute atomic E-state index is 0.174. The summed E-state index contributed by atoms with van der Waals surface area (Å²) in [5.41, 5.74) is 2.52. The standard InChI is InChI=1S/C20H16N2O4/c23-19(14-26-20(24)18-8-4-5-13-22(18)25)21-17-11-9-16(10-12-17)15-6-2-1-3-7-15/h1-13H,14H2,(H,21,23). The van der Waals surface area contributed by atoms with E-state index in [-0.39, 0.29) is 5.69 Å². The van der Waals surface area contributed by atoms with Crippen molar-refractivity contribution < 1.29 is 19.1 Å². The normalized spacial score (nSPS) is 10.2. The number of anilines is 1. The maximum Gasteiger partial charge on any atom is 0.405 e. The van der Waals surface area contributed by atoms with Gasteiger partial charge in [0.1, 0.15) is 0 Å². The molecule has 0 aliphatic rings. The number of nitrogens with one attached hydrogen (secondary N) is 1. The number of carbonyl (C=O) groups is 2. The number of hydrogen-bond donors (Lipinski definition) is 1. The third-order valence-corrected chi connectivity index (χ3v) is 3.64. The Morgan fingerprint density at radius 2 is 1.54 bits per heavy atom. The molecule has 6 heteroatoms. The van der Waals surface area contributed by atoms with Crippen LogP contribution in [0.25, 0.3) is 11.1 Å². The Kier molecular flexibility index (Phi) is 5.24. The SMILES string of the molecule is O=C(COC(=O)c1cccc[n+]1[O-])Nc1ccc(-c2ccccc2)cc1. The predicted octanol–water partition coefficient (Wildman–Crippen LogP) is 2.78. The van der Waals surface area contributed by atoms with Gasteiger partial charge in [0.05, 0.1) is 0 Å². The first-order valence-corrected chi connectivity index (χ1v) is 7.94. The van der Waals surface area contributed by atoms with E-state index in [0.29, 0.717) is 10.4 Å². The Morgan fingerprint density at radius 3 is 2.23 bits per heavy atom. The van der Waals surface area contributed by atoms with Crippen LogP contribution in [0, 0.1) is 5.21 Å². The van der Waals surface area contributed by atoms with Crippen LogP contribution in [0.5, 0.6) is 0 Å². The number of aromatic nitrogens is 1. The Morgan fingerprint density at radius 1 is 0.885 bits per heavy atom. The molecule has 0 saturated heterocycles. The molecule has 0 spiro atoms. The van der Waals surface area contributed by atoms with E-state index in [2.05, 4.69) is 5.32 Å². The molecular formula is C20H16N2O4. The third kappa shape index (κ3) is 4.24. The monoisotopic (exact) mass is 348 g/mol. The molecule has 0 saturated carbocycles. The quantitative estimate of drug-likeness (QED) is 0.437. The highest BCUT2D eigenvalue weighted by Gasteiger charge is 2.18. The highest BCUT2D eigenvalue weighted by Crippen LogP contribution is 2.20. The Balaban J connectivity index is 1.55. The Bertz CT molecular complexity index is 909. The van der Waals surface area contributed by atoms with Gasteiger partial charge in [-0.3, -0.25) is 4.79 Å². The van der Waals surface area contributed by atoms with Gasteiger partial charge in [-0.2, -0.15) is 4.73 Å². The van der Waals surface area contributed by atoms with Gasteiger partial charge >= 0.3 is 11.7 Å². The summed E-state index contributed by atoms with van der Waals surface area (Å²) in [6, 6.07) is 21.5. The summed E-state index contributed by atoms with van der Waals surface area (Å²) in [6.45, 7) is -0.478. The molecule has 0 fully saturated rings. The second kappa shape index (κ2) is 7.94. The lowest BCUT2D eigenvalue weighted by atomic mass is 10.1. The van der Waals surface area contributed by atoms with E-state index in [1.54, 1.807) is 18.2 Å². The van der Waals surface area contributed by atoms with Crippen molar-refractivity contribution in [1.82, 2.24) is 0 Å². The number of carbonyl (C=O) groups excluding carboxylic acids is 2. The van der Waals surface area contributed by atoms with Crippen molar-refractivity contribution in [1.29, 1.82) is 0 Å². The molecular weight excluding hydrogens is 332 g/mol. The van der Waals surface area contributed by atoms with Crippen molar-refractivity contribution in [2.24, 2.45) is 0 Å². The second-order valence-corrected chi connectivity index (χ2v) is 5.48. The van der Waals surface area contributed by atoms with Crippen LogP contribution in [0.3, 0.4) is 0 Å². The molecule has 0 atom stereocenters. The van der Waals surface area contributed by atoms with Gasteiger partial charge in [0.2, 0.25) is 0 Å². The zero-order chi connectivity index (χ0) is 18.4. The molecule has 2 aromatic carbocycles. The molecule has 6 nitrogen and oxygen atoms in total. The maximum atomic E-state index is 11.9. The van der Waals surface area contributed by atoms with Crippen LogP contribution in [-0.4, -0.2) is 18.5 Å². The maximum absolute atomic E-state index is 11.9. The first-order chi connectivity index (χ1) is 12.6.